The van der Waals surface area contributed by atoms with Crippen molar-refractivity contribution >= 4 is 29.9 Å². The highest BCUT2D eigenvalue weighted by molar-refractivity contribution is 14.0. The Labute approximate surface area is 209 Å². The minimum absolute atomic E-state index is 0. The molecule has 0 atom stereocenters. The number of nitrogens with zero attached hydrogens (tertiary/aromatic N) is 2. The van der Waals surface area contributed by atoms with Crippen LogP contribution in [-0.4, -0.2) is 37.7 Å². The lowest BCUT2D eigenvalue weighted by Gasteiger charge is -2.30. The fourth-order valence-corrected chi connectivity index (χ4v) is 4.07. The van der Waals surface area contributed by atoms with Crippen LogP contribution < -0.4 is 15.4 Å². The number of aliphatic imine (C=N–C) groups is 1. The first kappa shape index (κ1) is 26.4. The fraction of sp³-hybridized carbons (Fsp3) is 0.520. The zero-order valence-corrected chi connectivity index (χ0v) is 21.6. The Balaban J connectivity index is 0.00000363. The number of rotatable bonds is 11. The summed E-state index contributed by atoms with van der Waals surface area (Å²) in [6.07, 6.45) is 8.05. The quantitative estimate of drug-likeness (QED) is 0.235. The highest BCUT2D eigenvalue weighted by atomic mass is 127. The number of benzene rings is 1. The predicted molar refractivity (Wildman–Crippen MR) is 141 cm³/mol. The molecule has 0 saturated heterocycles. The standard InChI is InChI=1S/C25H36N4O2.HI/c1-3-26-24(29-20-25(15-17-30-2)13-5-6-14-25)28-18-21-9-11-23(12-10-21)31-19-22-8-4-7-16-27-22;/h4,7-12,16H,3,5-6,13-15,17-20H2,1-2H3,(H2,26,28,29);1H. The first-order valence-corrected chi connectivity index (χ1v) is 11.4. The zero-order valence-electron chi connectivity index (χ0n) is 19.3. The van der Waals surface area contributed by atoms with Gasteiger partial charge < -0.3 is 20.1 Å². The molecule has 3 rings (SSSR count). The van der Waals surface area contributed by atoms with Crippen LogP contribution in [0.25, 0.3) is 0 Å². The number of hydrogen-bond acceptors (Lipinski definition) is 4. The highest BCUT2D eigenvalue weighted by Gasteiger charge is 2.33. The van der Waals surface area contributed by atoms with Crippen molar-refractivity contribution in [2.45, 2.75) is 52.2 Å². The van der Waals surface area contributed by atoms with E-state index in [1.165, 1.54) is 25.7 Å². The van der Waals surface area contributed by atoms with E-state index in [9.17, 15) is 0 Å². The number of nitrogens with one attached hydrogen (secondary N) is 2. The number of methoxy groups -OCH3 is 1. The van der Waals surface area contributed by atoms with Crippen molar-refractivity contribution in [1.29, 1.82) is 0 Å². The lowest BCUT2D eigenvalue weighted by atomic mass is 9.83. The van der Waals surface area contributed by atoms with Crippen molar-refractivity contribution in [1.82, 2.24) is 15.6 Å². The van der Waals surface area contributed by atoms with Crippen LogP contribution in [-0.2, 0) is 17.9 Å². The van der Waals surface area contributed by atoms with E-state index < -0.39 is 0 Å². The van der Waals surface area contributed by atoms with Crippen molar-refractivity contribution < 1.29 is 9.47 Å². The van der Waals surface area contributed by atoms with E-state index >= 15 is 0 Å². The number of hydrogen-bond donors (Lipinski definition) is 2. The molecule has 0 amide bonds. The molecule has 0 aliphatic heterocycles. The molecule has 0 bridgehead atoms. The van der Waals surface area contributed by atoms with Crippen molar-refractivity contribution in [3.05, 3.63) is 59.9 Å². The van der Waals surface area contributed by atoms with Gasteiger partial charge in [0.1, 0.15) is 12.4 Å². The number of halogens is 1. The van der Waals surface area contributed by atoms with Gasteiger partial charge in [-0.25, -0.2) is 4.99 Å². The molecule has 1 fully saturated rings. The molecule has 0 spiro atoms. The minimum Gasteiger partial charge on any atom is -0.487 e. The molecule has 1 aliphatic carbocycles. The molecule has 6 nitrogen and oxygen atoms in total. The van der Waals surface area contributed by atoms with Gasteiger partial charge in [0, 0.05) is 33.0 Å². The largest absolute Gasteiger partial charge is 0.487 e. The second-order valence-corrected chi connectivity index (χ2v) is 8.25. The van der Waals surface area contributed by atoms with Crippen LogP contribution in [0.2, 0.25) is 0 Å². The maximum absolute atomic E-state index is 5.82. The van der Waals surface area contributed by atoms with E-state index in [-0.39, 0.29) is 24.0 Å². The molecule has 32 heavy (non-hydrogen) atoms. The summed E-state index contributed by atoms with van der Waals surface area (Å²) in [5.41, 5.74) is 2.40. The molecule has 1 aromatic carbocycles. The summed E-state index contributed by atoms with van der Waals surface area (Å²) >= 11 is 0. The SMILES string of the molecule is CCNC(=NCc1ccc(OCc2ccccn2)cc1)NCC1(CCOC)CCCC1.I. The maximum Gasteiger partial charge on any atom is 0.191 e. The lowest BCUT2D eigenvalue weighted by molar-refractivity contribution is 0.138. The first-order valence-electron chi connectivity index (χ1n) is 11.4. The smallest absolute Gasteiger partial charge is 0.191 e. The normalized spacial score (nSPS) is 15.1. The van der Waals surface area contributed by atoms with Crippen LogP contribution in [0.5, 0.6) is 5.75 Å². The Morgan fingerprint density at radius 3 is 2.53 bits per heavy atom. The van der Waals surface area contributed by atoms with Crippen LogP contribution in [0.15, 0.2) is 53.7 Å². The minimum atomic E-state index is 0. The van der Waals surface area contributed by atoms with Gasteiger partial charge in [0.15, 0.2) is 5.96 Å². The van der Waals surface area contributed by atoms with Crippen LogP contribution in [0.3, 0.4) is 0 Å². The second kappa shape index (κ2) is 14.3. The summed E-state index contributed by atoms with van der Waals surface area (Å²) in [5.74, 6) is 1.71. The molecular formula is C25H37IN4O2. The van der Waals surface area contributed by atoms with E-state index in [2.05, 4.69) is 34.7 Å². The molecular weight excluding hydrogens is 515 g/mol. The first-order chi connectivity index (χ1) is 15.2. The molecule has 0 unspecified atom stereocenters. The van der Waals surface area contributed by atoms with Crippen LogP contribution in [0, 0.1) is 5.41 Å². The molecule has 2 aromatic rings. The van der Waals surface area contributed by atoms with Crippen molar-refractivity contribution in [3.63, 3.8) is 0 Å². The summed E-state index contributed by atoms with van der Waals surface area (Å²) in [4.78, 5) is 9.07. The number of ether oxygens (including phenoxy) is 2. The molecule has 0 radical (unpaired) electrons. The average Bonchev–Trinajstić information content (AvgIpc) is 3.29. The predicted octanol–water partition coefficient (Wildman–Crippen LogP) is 4.93. The molecule has 176 valence electrons. The summed E-state index contributed by atoms with van der Waals surface area (Å²) in [5, 5.41) is 6.96. The van der Waals surface area contributed by atoms with E-state index in [4.69, 9.17) is 14.5 Å². The van der Waals surface area contributed by atoms with Crippen molar-refractivity contribution in [2.75, 3.05) is 26.8 Å². The molecule has 1 aliphatic rings. The maximum atomic E-state index is 5.82. The van der Waals surface area contributed by atoms with Gasteiger partial charge in [-0.3, -0.25) is 4.98 Å². The van der Waals surface area contributed by atoms with Gasteiger partial charge in [0.25, 0.3) is 0 Å². The van der Waals surface area contributed by atoms with Gasteiger partial charge in [-0.15, -0.1) is 24.0 Å². The lowest BCUT2D eigenvalue weighted by Crippen LogP contribution is -2.43. The number of guanidine groups is 1. The molecule has 2 N–H and O–H groups in total. The second-order valence-electron chi connectivity index (χ2n) is 8.25. The monoisotopic (exact) mass is 552 g/mol. The summed E-state index contributed by atoms with van der Waals surface area (Å²) in [7, 11) is 1.79. The Bertz CT molecular complexity index is 793. The van der Waals surface area contributed by atoms with E-state index in [1.54, 1.807) is 13.3 Å². The molecule has 1 heterocycles. The third-order valence-corrected chi connectivity index (χ3v) is 5.93. The average molecular weight is 553 g/mol. The third-order valence-electron chi connectivity index (χ3n) is 5.93. The van der Waals surface area contributed by atoms with E-state index in [0.717, 1.165) is 49.1 Å². The Morgan fingerprint density at radius 2 is 1.88 bits per heavy atom. The Kier molecular flexibility index (Phi) is 11.8. The summed E-state index contributed by atoms with van der Waals surface area (Å²) < 4.78 is 11.2. The van der Waals surface area contributed by atoms with Crippen LogP contribution in [0.1, 0.15) is 50.3 Å². The van der Waals surface area contributed by atoms with Gasteiger partial charge in [-0.05, 0) is 61.4 Å². The van der Waals surface area contributed by atoms with Crippen molar-refractivity contribution in [3.8, 4) is 5.75 Å². The van der Waals surface area contributed by atoms with Gasteiger partial charge >= 0.3 is 0 Å². The Hall–Kier alpha value is -1.87. The van der Waals surface area contributed by atoms with Crippen LogP contribution >= 0.6 is 24.0 Å². The van der Waals surface area contributed by atoms with E-state index in [0.29, 0.717) is 18.6 Å². The third kappa shape index (κ3) is 8.58. The molecule has 1 saturated carbocycles. The fourth-order valence-electron chi connectivity index (χ4n) is 4.07. The summed E-state index contributed by atoms with van der Waals surface area (Å²) in [6.45, 7) is 5.81. The number of pyridine rings is 1. The highest BCUT2D eigenvalue weighted by Crippen LogP contribution is 2.40. The molecule has 1 aromatic heterocycles. The molecule has 7 heteroatoms. The van der Waals surface area contributed by atoms with E-state index in [1.807, 2.05) is 30.3 Å². The van der Waals surface area contributed by atoms with Crippen LogP contribution in [0.4, 0.5) is 0 Å². The van der Waals surface area contributed by atoms with Gasteiger partial charge in [-0.2, -0.15) is 0 Å². The topological polar surface area (TPSA) is 67.8 Å². The van der Waals surface area contributed by atoms with Gasteiger partial charge in [-0.1, -0.05) is 31.0 Å². The number of aromatic nitrogens is 1. The van der Waals surface area contributed by atoms with Crippen molar-refractivity contribution in [2.24, 2.45) is 10.4 Å². The zero-order chi connectivity index (χ0) is 21.8. The van der Waals surface area contributed by atoms with Gasteiger partial charge in [0.05, 0.1) is 12.2 Å². The van der Waals surface area contributed by atoms with Gasteiger partial charge in [0.2, 0.25) is 0 Å². The Morgan fingerprint density at radius 1 is 1.09 bits per heavy atom. The summed E-state index contributed by atoms with van der Waals surface area (Å²) in [6, 6.07) is 14.0.